The van der Waals surface area contributed by atoms with Gasteiger partial charge < -0.3 is 14.9 Å². The first-order valence-electron chi connectivity index (χ1n) is 11.1. The van der Waals surface area contributed by atoms with Crippen LogP contribution in [-0.2, 0) is 9.53 Å². The van der Waals surface area contributed by atoms with Crippen molar-refractivity contribution in [3.8, 4) is 0 Å². The Morgan fingerprint density at radius 2 is 1.11 bits per heavy atom. The highest BCUT2D eigenvalue weighted by Gasteiger charge is 2.28. The van der Waals surface area contributed by atoms with Gasteiger partial charge in [0.15, 0.2) is 0 Å². The lowest BCUT2D eigenvalue weighted by Crippen LogP contribution is -2.36. The Morgan fingerprint density at radius 3 is 1.48 bits per heavy atom. The number of carbonyl (C=O) groups is 1. The van der Waals surface area contributed by atoms with Gasteiger partial charge in [0.2, 0.25) is 0 Å². The van der Waals surface area contributed by atoms with Crippen molar-refractivity contribution in [1.82, 2.24) is 0 Å². The quantitative estimate of drug-likeness (QED) is 0.264. The number of aliphatic hydroxyl groups is 2. The average molecular weight is 387 g/mol. The molecule has 0 spiro atoms. The van der Waals surface area contributed by atoms with E-state index >= 15 is 0 Å². The minimum atomic E-state index is -2.38. The molecule has 0 saturated carbocycles. The standard InChI is InChI=1S/C23H46O4/c1-18(2)10-7-11-19(3)12-8-13-20(4)14-9-15-21(5)16-17-27-22(24)23(6,25)26/h18-21,25-26H,7-17H2,1-6H3. The van der Waals surface area contributed by atoms with Crippen LogP contribution < -0.4 is 0 Å². The topological polar surface area (TPSA) is 66.8 Å². The van der Waals surface area contributed by atoms with E-state index in [-0.39, 0.29) is 6.61 Å². The highest BCUT2D eigenvalue weighted by molar-refractivity contribution is 5.76. The average Bonchev–Trinajstić information content (AvgIpc) is 2.53. The number of hydrogen-bond acceptors (Lipinski definition) is 4. The van der Waals surface area contributed by atoms with Gasteiger partial charge in [0.1, 0.15) is 0 Å². The molecule has 0 aliphatic heterocycles. The van der Waals surface area contributed by atoms with Gasteiger partial charge in [-0.15, -0.1) is 0 Å². The summed E-state index contributed by atoms with van der Waals surface area (Å²) in [5.74, 6) is -0.404. The van der Waals surface area contributed by atoms with Crippen LogP contribution in [0.5, 0.6) is 0 Å². The molecule has 0 heterocycles. The van der Waals surface area contributed by atoms with Crippen LogP contribution in [0.25, 0.3) is 0 Å². The first-order valence-corrected chi connectivity index (χ1v) is 11.1. The highest BCUT2D eigenvalue weighted by Crippen LogP contribution is 2.22. The normalized spacial score (nSPS) is 15.6. The molecule has 162 valence electrons. The Morgan fingerprint density at radius 1 is 0.741 bits per heavy atom. The van der Waals surface area contributed by atoms with Gasteiger partial charge in [-0.05, 0) is 30.1 Å². The maximum Gasteiger partial charge on any atom is 0.366 e. The molecule has 4 heteroatoms. The van der Waals surface area contributed by atoms with E-state index in [2.05, 4.69) is 34.6 Å². The van der Waals surface area contributed by atoms with Crippen molar-refractivity contribution in [2.24, 2.45) is 23.7 Å². The van der Waals surface area contributed by atoms with Crippen LogP contribution in [-0.4, -0.2) is 28.6 Å². The molecule has 0 fully saturated rings. The second kappa shape index (κ2) is 14.4. The van der Waals surface area contributed by atoms with Crippen molar-refractivity contribution < 1.29 is 19.7 Å². The summed E-state index contributed by atoms with van der Waals surface area (Å²) in [7, 11) is 0. The zero-order chi connectivity index (χ0) is 20.9. The molecular weight excluding hydrogens is 340 g/mol. The molecule has 4 nitrogen and oxygen atoms in total. The van der Waals surface area contributed by atoms with Crippen molar-refractivity contribution >= 4 is 5.97 Å². The Hall–Kier alpha value is -0.610. The van der Waals surface area contributed by atoms with Gasteiger partial charge in [0.05, 0.1) is 6.61 Å². The molecule has 0 bridgehead atoms. The molecule has 3 atom stereocenters. The van der Waals surface area contributed by atoms with E-state index in [1.165, 1.54) is 51.4 Å². The lowest BCUT2D eigenvalue weighted by molar-refractivity contribution is -0.203. The molecule has 3 unspecified atom stereocenters. The van der Waals surface area contributed by atoms with Crippen molar-refractivity contribution in [2.75, 3.05) is 6.61 Å². The third-order valence-electron chi connectivity index (χ3n) is 5.50. The van der Waals surface area contributed by atoms with Crippen molar-refractivity contribution in [3.63, 3.8) is 0 Å². The molecule has 0 aliphatic rings. The van der Waals surface area contributed by atoms with E-state index < -0.39 is 11.8 Å². The number of carbonyl (C=O) groups excluding carboxylic acids is 1. The fraction of sp³-hybridized carbons (Fsp3) is 0.957. The zero-order valence-corrected chi connectivity index (χ0v) is 18.8. The Balaban J connectivity index is 3.64. The van der Waals surface area contributed by atoms with Crippen LogP contribution >= 0.6 is 0 Å². The van der Waals surface area contributed by atoms with E-state index in [9.17, 15) is 4.79 Å². The molecular formula is C23H46O4. The van der Waals surface area contributed by atoms with E-state index in [0.29, 0.717) is 5.92 Å². The summed E-state index contributed by atoms with van der Waals surface area (Å²) >= 11 is 0. The van der Waals surface area contributed by atoms with Crippen LogP contribution in [0.2, 0.25) is 0 Å². The summed E-state index contributed by atoms with van der Waals surface area (Å²) in [4.78, 5) is 11.3. The first-order chi connectivity index (χ1) is 12.5. The van der Waals surface area contributed by atoms with Gasteiger partial charge in [-0.2, -0.15) is 0 Å². The monoisotopic (exact) mass is 386 g/mol. The number of rotatable bonds is 16. The molecule has 0 aromatic rings. The molecule has 0 aromatic heterocycles. The number of esters is 1. The Labute approximate surface area is 168 Å². The van der Waals surface area contributed by atoms with Crippen LogP contribution in [0, 0.1) is 23.7 Å². The van der Waals surface area contributed by atoms with Gasteiger partial charge in [0, 0.05) is 6.92 Å². The maximum atomic E-state index is 11.3. The maximum absolute atomic E-state index is 11.3. The van der Waals surface area contributed by atoms with Gasteiger partial charge in [-0.3, -0.25) is 0 Å². The molecule has 27 heavy (non-hydrogen) atoms. The van der Waals surface area contributed by atoms with E-state index in [1.807, 2.05) is 0 Å². The fourth-order valence-electron chi connectivity index (χ4n) is 3.43. The van der Waals surface area contributed by atoms with E-state index in [4.69, 9.17) is 14.9 Å². The summed E-state index contributed by atoms with van der Waals surface area (Å²) in [5.41, 5.74) is 0. The van der Waals surface area contributed by atoms with Crippen LogP contribution in [0.1, 0.15) is 106 Å². The van der Waals surface area contributed by atoms with E-state index in [0.717, 1.165) is 37.5 Å². The lowest BCUT2D eigenvalue weighted by atomic mass is 9.91. The number of hydrogen-bond donors (Lipinski definition) is 2. The highest BCUT2D eigenvalue weighted by atomic mass is 16.6. The molecule has 0 aromatic carbocycles. The molecule has 0 amide bonds. The molecule has 0 aliphatic carbocycles. The lowest BCUT2D eigenvalue weighted by Gasteiger charge is -2.17. The zero-order valence-electron chi connectivity index (χ0n) is 18.8. The van der Waals surface area contributed by atoms with Crippen molar-refractivity contribution in [1.29, 1.82) is 0 Å². The fourth-order valence-corrected chi connectivity index (χ4v) is 3.43. The second-order valence-corrected chi connectivity index (χ2v) is 9.45. The molecule has 2 N–H and O–H groups in total. The van der Waals surface area contributed by atoms with Gasteiger partial charge in [-0.25, -0.2) is 4.79 Å². The largest absolute Gasteiger partial charge is 0.462 e. The Bertz CT molecular complexity index is 373. The predicted octanol–water partition coefficient (Wildman–Crippen LogP) is 5.70. The smallest absolute Gasteiger partial charge is 0.366 e. The summed E-state index contributed by atoms with van der Waals surface area (Å²) in [5, 5.41) is 18.2. The van der Waals surface area contributed by atoms with Crippen LogP contribution in [0.15, 0.2) is 0 Å². The van der Waals surface area contributed by atoms with Gasteiger partial charge in [-0.1, -0.05) is 92.4 Å². The molecule has 0 saturated heterocycles. The van der Waals surface area contributed by atoms with Crippen LogP contribution in [0.4, 0.5) is 0 Å². The van der Waals surface area contributed by atoms with Crippen molar-refractivity contribution in [2.45, 2.75) is 112 Å². The minimum Gasteiger partial charge on any atom is -0.462 e. The van der Waals surface area contributed by atoms with Gasteiger partial charge in [0.25, 0.3) is 5.79 Å². The van der Waals surface area contributed by atoms with Gasteiger partial charge >= 0.3 is 5.97 Å². The minimum absolute atomic E-state index is 0.251. The van der Waals surface area contributed by atoms with E-state index in [1.54, 1.807) is 0 Å². The third kappa shape index (κ3) is 16.1. The third-order valence-corrected chi connectivity index (χ3v) is 5.50. The van der Waals surface area contributed by atoms with Crippen LogP contribution in [0.3, 0.4) is 0 Å². The molecule has 0 rings (SSSR count). The van der Waals surface area contributed by atoms with Crippen molar-refractivity contribution in [3.05, 3.63) is 0 Å². The number of ether oxygens (including phenoxy) is 1. The summed E-state index contributed by atoms with van der Waals surface area (Å²) in [6.07, 6.45) is 12.5. The summed E-state index contributed by atoms with van der Waals surface area (Å²) in [6.45, 7) is 12.8. The summed E-state index contributed by atoms with van der Waals surface area (Å²) < 4.78 is 4.88. The molecule has 0 radical (unpaired) electrons. The SMILES string of the molecule is CC(C)CCCC(C)CCCC(C)CCCC(C)CCOC(=O)C(C)(O)O. The predicted molar refractivity (Wildman–Crippen MR) is 112 cm³/mol. The second-order valence-electron chi connectivity index (χ2n) is 9.45. The summed E-state index contributed by atoms with van der Waals surface area (Å²) in [6, 6.07) is 0. The Kier molecular flexibility index (Phi) is 14.1. The first kappa shape index (κ1) is 26.4.